The lowest BCUT2D eigenvalue weighted by molar-refractivity contribution is -0.143. The van der Waals surface area contributed by atoms with E-state index >= 15 is 0 Å². The summed E-state index contributed by atoms with van der Waals surface area (Å²) in [5.41, 5.74) is 0. The molecule has 0 bridgehead atoms. The van der Waals surface area contributed by atoms with Gasteiger partial charge in [0.15, 0.2) is 0 Å². The number of likely N-dealkylation sites (tertiary alicyclic amines) is 1. The molecule has 2 heterocycles. The molecule has 1 saturated carbocycles. The molecule has 8 nitrogen and oxygen atoms in total. The number of hydrogen-bond donors (Lipinski definition) is 0. The van der Waals surface area contributed by atoms with Gasteiger partial charge in [-0.3, -0.25) is 33.8 Å². The van der Waals surface area contributed by atoms with E-state index in [0.29, 0.717) is 19.6 Å². The molecule has 3 aliphatic rings. The average molecular weight is 810 g/mol. The Morgan fingerprint density at radius 1 is 0.534 bits per heavy atom. The molecule has 0 spiro atoms. The van der Waals surface area contributed by atoms with Gasteiger partial charge in [0, 0.05) is 38.7 Å². The zero-order valence-corrected chi connectivity index (χ0v) is 38.0. The van der Waals surface area contributed by atoms with Crippen molar-refractivity contribution in [2.75, 3.05) is 19.6 Å². The van der Waals surface area contributed by atoms with Crippen LogP contribution in [-0.2, 0) is 24.0 Å². The summed E-state index contributed by atoms with van der Waals surface area (Å²) in [6.07, 6.45) is 40.8. The lowest BCUT2D eigenvalue weighted by Gasteiger charge is -2.44. The molecule has 2 fully saturated rings. The fourth-order valence-electron chi connectivity index (χ4n) is 10.6. The summed E-state index contributed by atoms with van der Waals surface area (Å²) in [5, 5.41) is 0. The molecule has 0 aromatic carbocycles. The van der Waals surface area contributed by atoms with Crippen molar-refractivity contribution in [1.82, 2.24) is 14.7 Å². The van der Waals surface area contributed by atoms with E-state index in [9.17, 15) is 24.0 Å². The topological polar surface area (TPSA) is 95.1 Å². The summed E-state index contributed by atoms with van der Waals surface area (Å²) >= 11 is 0. The van der Waals surface area contributed by atoms with Crippen LogP contribution in [0.5, 0.6) is 0 Å². The second-order valence-electron chi connectivity index (χ2n) is 18.5. The molecule has 0 N–H and O–H groups in total. The van der Waals surface area contributed by atoms with Gasteiger partial charge in [-0.15, -0.1) is 0 Å². The lowest BCUT2D eigenvalue weighted by Crippen LogP contribution is -2.45. The molecule has 5 amide bonds. The first-order chi connectivity index (χ1) is 28.2. The van der Waals surface area contributed by atoms with Crippen LogP contribution in [0.1, 0.15) is 227 Å². The molecule has 1 saturated heterocycles. The van der Waals surface area contributed by atoms with E-state index < -0.39 is 6.04 Å². The third-order valence-corrected chi connectivity index (χ3v) is 14.0. The maximum absolute atomic E-state index is 13.2. The van der Waals surface area contributed by atoms with E-state index in [2.05, 4.69) is 20.8 Å². The minimum absolute atomic E-state index is 0.119. The molecule has 8 heteroatoms. The molecule has 5 atom stereocenters. The molecule has 332 valence electrons. The largest absolute Gasteiger partial charge is 0.330 e. The Morgan fingerprint density at radius 3 is 1.40 bits per heavy atom. The van der Waals surface area contributed by atoms with Crippen LogP contribution >= 0.6 is 0 Å². The van der Waals surface area contributed by atoms with Crippen molar-refractivity contribution in [3.05, 3.63) is 12.2 Å². The molecule has 1 aliphatic carbocycles. The van der Waals surface area contributed by atoms with Crippen molar-refractivity contribution in [2.24, 2.45) is 23.7 Å². The third-order valence-electron chi connectivity index (χ3n) is 14.0. The number of unbranched alkanes of at least 4 members (excludes halogenated alkanes) is 19. The fourth-order valence-corrected chi connectivity index (χ4v) is 10.6. The summed E-state index contributed by atoms with van der Waals surface area (Å²) < 4.78 is 0. The van der Waals surface area contributed by atoms with Gasteiger partial charge in [-0.25, -0.2) is 0 Å². The van der Waals surface area contributed by atoms with Gasteiger partial charge < -0.3 is 4.90 Å². The first-order valence-corrected chi connectivity index (χ1v) is 24.9. The van der Waals surface area contributed by atoms with Gasteiger partial charge in [-0.1, -0.05) is 168 Å². The van der Waals surface area contributed by atoms with Gasteiger partial charge >= 0.3 is 0 Å². The van der Waals surface area contributed by atoms with Gasteiger partial charge in [-0.2, -0.15) is 0 Å². The van der Waals surface area contributed by atoms with Gasteiger partial charge in [0.2, 0.25) is 11.8 Å². The van der Waals surface area contributed by atoms with Crippen molar-refractivity contribution >= 4 is 29.5 Å². The van der Waals surface area contributed by atoms with Crippen LogP contribution in [0.2, 0.25) is 0 Å². The Kier molecular flexibility index (Phi) is 25.5. The average Bonchev–Trinajstić information content (AvgIpc) is 3.68. The first kappa shape index (κ1) is 49.8. The standard InChI is InChI=1S/C50H87N3O5/c1-5-8-11-13-19-25-31-44-42(29-23-12-9-6-2)33-34-43(30-24-18-14-16-21-27-38-52-47(55)35-36-48(52)56)45(44)32-26-20-15-17-22-28-39-53-49(57)40-46(50(53)58)51(41(4)54)37-10-7-3/h35-36,42-46H,5-34,37-40H2,1-4H3. The predicted molar refractivity (Wildman–Crippen MR) is 238 cm³/mol. The molecule has 0 aromatic rings. The molecule has 3 rings (SSSR count). The Balaban J connectivity index is 1.47. The van der Waals surface area contributed by atoms with Crippen molar-refractivity contribution in [1.29, 1.82) is 0 Å². The highest BCUT2D eigenvalue weighted by Gasteiger charge is 2.42. The van der Waals surface area contributed by atoms with Crippen LogP contribution in [-0.4, -0.2) is 69.9 Å². The van der Waals surface area contributed by atoms with E-state index in [1.54, 1.807) is 4.90 Å². The summed E-state index contributed by atoms with van der Waals surface area (Å²) in [4.78, 5) is 66.3. The van der Waals surface area contributed by atoms with Crippen LogP contribution in [0.25, 0.3) is 0 Å². The van der Waals surface area contributed by atoms with Gasteiger partial charge in [0.25, 0.3) is 17.7 Å². The van der Waals surface area contributed by atoms with Crippen LogP contribution in [0.3, 0.4) is 0 Å². The Labute approximate surface area is 355 Å². The van der Waals surface area contributed by atoms with Gasteiger partial charge in [-0.05, 0) is 68.6 Å². The number of nitrogens with zero attached hydrogens (tertiary/aromatic N) is 3. The highest BCUT2D eigenvalue weighted by Crippen LogP contribution is 2.48. The molecule has 58 heavy (non-hydrogen) atoms. The van der Waals surface area contributed by atoms with Crippen molar-refractivity contribution < 1.29 is 24.0 Å². The van der Waals surface area contributed by atoms with Crippen molar-refractivity contribution in [3.8, 4) is 0 Å². The van der Waals surface area contributed by atoms with Crippen LogP contribution < -0.4 is 0 Å². The summed E-state index contributed by atoms with van der Waals surface area (Å²) in [6, 6.07) is -0.614. The van der Waals surface area contributed by atoms with E-state index in [4.69, 9.17) is 0 Å². The number of amides is 5. The fraction of sp³-hybridized carbons (Fsp3) is 0.860. The molecular weight excluding hydrogens is 723 g/mol. The van der Waals surface area contributed by atoms with E-state index in [-0.39, 0.29) is 36.0 Å². The normalized spacial score (nSPS) is 22.2. The monoisotopic (exact) mass is 810 g/mol. The minimum Gasteiger partial charge on any atom is -0.330 e. The summed E-state index contributed by atoms with van der Waals surface area (Å²) in [5.74, 6) is 2.77. The molecular formula is C50H87N3O5. The SMILES string of the molecule is CCCCCCCCC1C(CCCCCC)CCC(CCCCCCCCN2C(=O)C=CC2=O)C1CCCCCCCCN1C(=O)CC(N(CCCC)C(C)=O)C1=O. The van der Waals surface area contributed by atoms with E-state index in [0.717, 1.165) is 68.6 Å². The maximum Gasteiger partial charge on any atom is 0.253 e. The zero-order valence-electron chi connectivity index (χ0n) is 38.0. The molecule has 2 aliphatic heterocycles. The summed E-state index contributed by atoms with van der Waals surface area (Å²) in [7, 11) is 0. The molecule has 0 aromatic heterocycles. The Bertz CT molecular complexity index is 1220. The number of rotatable bonds is 34. The van der Waals surface area contributed by atoms with Crippen molar-refractivity contribution in [2.45, 2.75) is 233 Å². The van der Waals surface area contributed by atoms with Gasteiger partial charge in [0.05, 0.1) is 6.42 Å². The van der Waals surface area contributed by atoms with Crippen LogP contribution in [0.15, 0.2) is 12.2 Å². The van der Waals surface area contributed by atoms with Crippen molar-refractivity contribution in [3.63, 3.8) is 0 Å². The number of carbonyl (C=O) groups is 5. The lowest BCUT2D eigenvalue weighted by atomic mass is 9.61. The first-order valence-electron chi connectivity index (χ1n) is 24.9. The quantitative estimate of drug-likeness (QED) is 0.0476. The highest BCUT2D eigenvalue weighted by atomic mass is 16.2. The third kappa shape index (κ3) is 17.6. The maximum atomic E-state index is 13.2. The number of imide groups is 2. The van der Waals surface area contributed by atoms with Crippen LogP contribution in [0.4, 0.5) is 0 Å². The smallest absolute Gasteiger partial charge is 0.253 e. The van der Waals surface area contributed by atoms with Gasteiger partial charge in [0.1, 0.15) is 6.04 Å². The minimum atomic E-state index is -0.614. The highest BCUT2D eigenvalue weighted by molar-refractivity contribution is 6.12. The van der Waals surface area contributed by atoms with E-state index in [1.807, 2.05) is 0 Å². The second-order valence-corrected chi connectivity index (χ2v) is 18.5. The van der Waals surface area contributed by atoms with E-state index in [1.165, 1.54) is 177 Å². The summed E-state index contributed by atoms with van der Waals surface area (Å²) in [6.45, 7) is 9.78. The number of hydrogen-bond acceptors (Lipinski definition) is 5. The molecule has 5 unspecified atom stereocenters. The predicted octanol–water partition coefficient (Wildman–Crippen LogP) is 12.1. The Hall–Kier alpha value is -2.51. The van der Waals surface area contributed by atoms with Crippen LogP contribution in [0, 0.1) is 23.7 Å². The Morgan fingerprint density at radius 2 is 0.931 bits per heavy atom. The second kappa shape index (κ2) is 29.7. The zero-order chi connectivity index (χ0) is 42.0. The number of carbonyl (C=O) groups excluding carboxylic acids is 5. The molecule has 0 radical (unpaired) electrons.